The Morgan fingerprint density at radius 3 is 2.81 bits per heavy atom. The molecule has 2 atom stereocenters. The Balaban J connectivity index is 2.22. The van der Waals surface area contributed by atoms with Gasteiger partial charge in [0.15, 0.2) is 0 Å². The van der Waals surface area contributed by atoms with E-state index in [1.54, 1.807) is 4.57 Å². The highest BCUT2D eigenvalue weighted by molar-refractivity contribution is 5.76. The van der Waals surface area contributed by atoms with E-state index < -0.39 is 0 Å². The van der Waals surface area contributed by atoms with E-state index in [-0.39, 0.29) is 30.1 Å². The lowest BCUT2D eigenvalue weighted by atomic mass is 9.91. The van der Waals surface area contributed by atoms with Crippen molar-refractivity contribution in [2.24, 2.45) is 11.7 Å². The van der Waals surface area contributed by atoms with Crippen LogP contribution in [0.1, 0.15) is 50.9 Å². The summed E-state index contributed by atoms with van der Waals surface area (Å²) in [6.07, 6.45) is 2.70. The summed E-state index contributed by atoms with van der Waals surface area (Å²) in [5, 5.41) is 2.94. The van der Waals surface area contributed by atoms with Gasteiger partial charge in [0.1, 0.15) is 6.54 Å². The fourth-order valence-corrected chi connectivity index (χ4v) is 2.68. The van der Waals surface area contributed by atoms with Crippen LogP contribution >= 0.6 is 0 Å². The van der Waals surface area contributed by atoms with Crippen LogP contribution in [0.5, 0.6) is 0 Å². The second kappa shape index (κ2) is 6.43. The molecule has 1 aromatic rings. The lowest BCUT2D eigenvalue weighted by Gasteiger charge is -2.25. The maximum Gasteiger partial charge on any atom is 0.251 e. The van der Waals surface area contributed by atoms with Crippen LogP contribution < -0.4 is 16.6 Å². The second-order valence-electron chi connectivity index (χ2n) is 6.26. The molecule has 0 aromatic carbocycles. The van der Waals surface area contributed by atoms with Crippen molar-refractivity contribution in [3.8, 4) is 0 Å². The van der Waals surface area contributed by atoms with E-state index in [9.17, 15) is 9.59 Å². The molecule has 1 aromatic heterocycles. The lowest BCUT2D eigenvalue weighted by Crippen LogP contribution is -2.41. The quantitative estimate of drug-likeness (QED) is 0.879. The van der Waals surface area contributed by atoms with Crippen LogP contribution in [0, 0.1) is 5.92 Å². The number of nitrogens with one attached hydrogen (secondary N) is 1. The average Bonchev–Trinajstić information content (AvgIpc) is 2.42. The molecular formula is C16H25N3O2. The first kappa shape index (κ1) is 15.8. The molecule has 21 heavy (non-hydrogen) atoms. The highest BCUT2D eigenvalue weighted by atomic mass is 16.2. The van der Waals surface area contributed by atoms with Crippen LogP contribution in [0.3, 0.4) is 0 Å². The molecule has 5 heteroatoms. The van der Waals surface area contributed by atoms with Gasteiger partial charge in [-0.15, -0.1) is 0 Å². The minimum atomic E-state index is -0.129. The van der Waals surface area contributed by atoms with Gasteiger partial charge in [0.2, 0.25) is 5.91 Å². The van der Waals surface area contributed by atoms with Crippen LogP contribution in [0.4, 0.5) is 0 Å². The first-order valence-electron chi connectivity index (χ1n) is 7.67. The van der Waals surface area contributed by atoms with E-state index in [1.165, 1.54) is 6.07 Å². The highest BCUT2D eigenvalue weighted by Gasteiger charge is 2.21. The molecule has 0 spiro atoms. The van der Waals surface area contributed by atoms with E-state index in [0.717, 1.165) is 30.5 Å². The fraction of sp³-hybridized carbons (Fsp3) is 0.625. The zero-order chi connectivity index (χ0) is 15.6. The number of aromatic nitrogens is 1. The molecule has 2 unspecified atom stereocenters. The fourth-order valence-electron chi connectivity index (χ4n) is 2.68. The molecule has 0 fully saturated rings. The molecule has 5 nitrogen and oxygen atoms in total. The smallest absolute Gasteiger partial charge is 0.251 e. The zero-order valence-electron chi connectivity index (χ0n) is 13.1. The predicted molar refractivity (Wildman–Crippen MR) is 83.0 cm³/mol. The van der Waals surface area contributed by atoms with Gasteiger partial charge in [-0.1, -0.05) is 19.9 Å². The molecule has 116 valence electrons. The van der Waals surface area contributed by atoms with Crippen molar-refractivity contribution in [3.63, 3.8) is 0 Å². The van der Waals surface area contributed by atoms with Crippen molar-refractivity contribution in [2.75, 3.05) is 0 Å². The number of rotatable bonds is 4. The average molecular weight is 291 g/mol. The second-order valence-corrected chi connectivity index (χ2v) is 6.26. The lowest BCUT2D eigenvalue weighted by molar-refractivity contribution is -0.122. The standard InChI is InChI=1S/C16H25N3O2/c1-10(2)11(3)18-15(20)9-19-14-6-4-5-13(17)12(14)7-8-16(19)21/h7-8,10-11,13H,4-6,9,17H2,1-3H3,(H,18,20). The van der Waals surface area contributed by atoms with Gasteiger partial charge in [-0.3, -0.25) is 9.59 Å². The van der Waals surface area contributed by atoms with Crippen molar-refractivity contribution < 1.29 is 4.79 Å². The van der Waals surface area contributed by atoms with Crippen LogP contribution in [0.25, 0.3) is 0 Å². The van der Waals surface area contributed by atoms with Gasteiger partial charge in [0, 0.05) is 23.8 Å². The van der Waals surface area contributed by atoms with E-state index in [4.69, 9.17) is 5.73 Å². The molecule has 0 saturated carbocycles. The number of hydrogen-bond donors (Lipinski definition) is 2. The summed E-state index contributed by atoms with van der Waals surface area (Å²) < 4.78 is 1.58. The summed E-state index contributed by atoms with van der Waals surface area (Å²) in [5.41, 5.74) is 7.90. The third-order valence-electron chi connectivity index (χ3n) is 4.35. The Morgan fingerprint density at radius 2 is 2.14 bits per heavy atom. The first-order chi connectivity index (χ1) is 9.90. The summed E-state index contributed by atoms with van der Waals surface area (Å²) in [4.78, 5) is 24.2. The third-order valence-corrected chi connectivity index (χ3v) is 4.35. The number of carbonyl (C=O) groups excluding carboxylic acids is 1. The number of nitrogens with zero attached hydrogens (tertiary/aromatic N) is 1. The number of fused-ring (bicyclic) bond motifs is 1. The monoisotopic (exact) mass is 291 g/mol. The zero-order valence-corrected chi connectivity index (χ0v) is 13.1. The topological polar surface area (TPSA) is 77.1 Å². The van der Waals surface area contributed by atoms with Crippen LogP contribution in [0.2, 0.25) is 0 Å². The van der Waals surface area contributed by atoms with Crippen LogP contribution in [-0.4, -0.2) is 16.5 Å². The van der Waals surface area contributed by atoms with E-state index >= 15 is 0 Å². The van der Waals surface area contributed by atoms with Gasteiger partial charge < -0.3 is 15.6 Å². The van der Waals surface area contributed by atoms with E-state index in [1.807, 2.05) is 13.0 Å². The Labute approximate surface area is 125 Å². The molecule has 0 aliphatic heterocycles. The van der Waals surface area contributed by atoms with Crippen LogP contribution in [-0.2, 0) is 17.8 Å². The molecule has 1 amide bonds. The van der Waals surface area contributed by atoms with Gasteiger partial charge in [0.05, 0.1) is 0 Å². The number of carbonyl (C=O) groups is 1. The minimum absolute atomic E-state index is 0.0294. The molecule has 1 aliphatic rings. The molecular weight excluding hydrogens is 266 g/mol. The highest BCUT2D eigenvalue weighted by Crippen LogP contribution is 2.26. The van der Waals surface area contributed by atoms with Crippen LogP contribution in [0.15, 0.2) is 16.9 Å². The summed E-state index contributed by atoms with van der Waals surface area (Å²) >= 11 is 0. The van der Waals surface area contributed by atoms with Gasteiger partial charge in [-0.25, -0.2) is 0 Å². The van der Waals surface area contributed by atoms with Crippen molar-refractivity contribution in [2.45, 2.75) is 58.7 Å². The predicted octanol–water partition coefficient (Wildman–Crippen LogP) is 1.35. The Morgan fingerprint density at radius 1 is 1.43 bits per heavy atom. The van der Waals surface area contributed by atoms with Gasteiger partial charge in [-0.2, -0.15) is 0 Å². The molecule has 0 radical (unpaired) electrons. The van der Waals surface area contributed by atoms with Crippen molar-refractivity contribution in [1.82, 2.24) is 9.88 Å². The van der Waals surface area contributed by atoms with Crippen molar-refractivity contribution >= 4 is 5.91 Å². The molecule has 0 bridgehead atoms. The normalized spacial score (nSPS) is 19.2. The largest absolute Gasteiger partial charge is 0.352 e. The van der Waals surface area contributed by atoms with Gasteiger partial charge >= 0.3 is 0 Å². The number of hydrogen-bond acceptors (Lipinski definition) is 3. The first-order valence-corrected chi connectivity index (χ1v) is 7.67. The Kier molecular flexibility index (Phi) is 4.83. The molecule has 1 aliphatic carbocycles. The maximum absolute atomic E-state index is 12.1. The third kappa shape index (κ3) is 3.53. The van der Waals surface area contributed by atoms with Gasteiger partial charge in [0.25, 0.3) is 5.56 Å². The Bertz CT molecular complexity index is 577. The Hall–Kier alpha value is -1.62. The van der Waals surface area contributed by atoms with E-state index in [0.29, 0.717) is 5.92 Å². The summed E-state index contributed by atoms with van der Waals surface area (Å²) in [7, 11) is 0. The van der Waals surface area contributed by atoms with Crippen molar-refractivity contribution in [3.05, 3.63) is 33.7 Å². The summed E-state index contributed by atoms with van der Waals surface area (Å²) in [6, 6.07) is 3.39. The van der Waals surface area contributed by atoms with E-state index in [2.05, 4.69) is 19.2 Å². The maximum atomic E-state index is 12.1. The summed E-state index contributed by atoms with van der Waals surface area (Å²) in [5.74, 6) is 0.245. The van der Waals surface area contributed by atoms with Crippen molar-refractivity contribution in [1.29, 1.82) is 0 Å². The number of amides is 1. The number of nitrogens with two attached hydrogens (primary N) is 1. The number of pyridine rings is 1. The molecule has 1 heterocycles. The molecule has 0 saturated heterocycles. The van der Waals surface area contributed by atoms with Gasteiger partial charge in [-0.05, 0) is 37.7 Å². The molecule has 2 rings (SSSR count). The SMILES string of the molecule is CC(C)C(C)NC(=O)Cn1c2c(ccc1=O)C(N)CCC2. The summed E-state index contributed by atoms with van der Waals surface area (Å²) in [6.45, 7) is 6.16. The molecule has 3 N–H and O–H groups in total. The minimum Gasteiger partial charge on any atom is -0.352 e.